The zero-order valence-corrected chi connectivity index (χ0v) is 17.5. The minimum atomic E-state index is -0.601. The fourth-order valence-corrected chi connectivity index (χ4v) is 2.58. The average molecular weight is 428 g/mol. The second kappa shape index (κ2) is 9.34. The van der Waals surface area contributed by atoms with Gasteiger partial charge in [-0.2, -0.15) is 0 Å². The predicted molar refractivity (Wildman–Crippen MR) is 104 cm³/mol. The maximum Gasteiger partial charge on any atom is 0.374 e. The Bertz CT molecular complexity index is 862. The third kappa shape index (κ3) is 6.17. The van der Waals surface area contributed by atoms with E-state index in [1.807, 2.05) is 0 Å². The molecule has 151 valence electrons. The van der Waals surface area contributed by atoms with E-state index in [2.05, 4.69) is 15.0 Å². The first-order valence-electron chi connectivity index (χ1n) is 8.57. The highest BCUT2D eigenvalue weighted by Gasteiger charge is 2.21. The molecule has 2 aromatic heterocycles. The molecule has 0 saturated heterocycles. The van der Waals surface area contributed by atoms with Gasteiger partial charge in [0, 0.05) is 12.7 Å². The van der Waals surface area contributed by atoms with Crippen molar-refractivity contribution in [1.29, 1.82) is 0 Å². The Balaban J connectivity index is 2.22. The van der Waals surface area contributed by atoms with E-state index in [-0.39, 0.29) is 47.4 Å². The Labute approximate surface area is 173 Å². The normalized spacial score (nSPS) is 11.4. The molecule has 0 aliphatic heterocycles. The van der Waals surface area contributed by atoms with Gasteiger partial charge in [-0.15, -0.1) is 0 Å². The summed E-state index contributed by atoms with van der Waals surface area (Å²) in [6, 6.07) is 0. The standard InChI is InChI=1S/C18H21Cl2N4O4/c1-5-27-16(26)15-22-12(14-11(19)9-21-17(20)23-14)10-24(15)8-6-7-13(25)28-18(2,3)4/h6,9-10H,5,7-8H2,1-4H3. The van der Waals surface area contributed by atoms with Crippen LogP contribution in [0.1, 0.15) is 44.7 Å². The highest BCUT2D eigenvalue weighted by Crippen LogP contribution is 2.26. The lowest BCUT2D eigenvalue weighted by Gasteiger charge is -2.19. The molecule has 0 saturated carbocycles. The Morgan fingerprint density at radius 1 is 1.25 bits per heavy atom. The van der Waals surface area contributed by atoms with Crippen molar-refractivity contribution in [3.63, 3.8) is 0 Å². The first-order valence-corrected chi connectivity index (χ1v) is 9.32. The summed E-state index contributed by atoms with van der Waals surface area (Å²) in [4.78, 5) is 36.2. The summed E-state index contributed by atoms with van der Waals surface area (Å²) in [6.07, 6.45) is 4.69. The number of carbonyl (C=O) groups excluding carboxylic acids is 2. The van der Waals surface area contributed by atoms with Crippen LogP contribution in [-0.4, -0.2) is 43.7 Å². The zero-order valence-electron chi connectivity index (χ0n) is 16.0. The molecule has 0 bridgehead atoms. The largest absolute Gasteiger partial charge is 0.460 e. The molecule has 0 atom stereocenters. The Hall–Kier alpha value is -2.19. The second-order valence-electron chi connectivity index (χ2n) is 6.74. The highest BCUT2D eigenvalue weighted by atomic mass is 35.5. The van der Waals surface area contributed by atoms with Gasteiger partial charge < -0.3 is 14.0 Å². The number of nitrogens with zero attached hydrogens (tertiary/aromatic N) is 4. The van der Waals surface area contributed by atoms with Crippen molar-refractivity contribution in [2.24, 2.45) is 0 Å². The van der Waals surface area contributed by atoms with Crippen molar-refractivity contribution in [3.8, 4) is 11.4 Å². The minimum absolute atomic E-state index is 0.00289. The molecule has 10 heteroatoms. The monoisotopic (exact) mass is 427 g/mol. The number of ether oxygens (including phenoxy) is 2. The summed E-state index contributed by atoms with van der Waals surface area (Å²) < 4.78 is 11.9. The van der Waals surface area contributed by atoms with Gasteiger partial charge in [0.2, 0.25) is 11.1 Å². The van der Waals surface area contributed by atoms with Crippen molar-refractivity contribution < 1.29 is 19.1 Å². The molecular formula is C18H21Cl2N4O4. The van der Waals surface area contributed by atoms with Crippen LogP contribution in [0.25, 0.3) is 11.4 Å². The molecule has 1 radical (unpaired) electrons. The molecule has 2 aromatic rings. The fraction of sp³-hybridized carbons (Fsp3) is 0.444. The fourth-order valence-electron chi connectivity index (χ4n) is 2.26. The molecular weight excluding hydrogens is 407 g/mol. The van der Waals surface area contributed by atoms with E-state index in [0.717, 1.165) is 0 Å². The lowest BCUT2D eigenvalue weighted by Crippen LogP contribution is -2.24. The van der Waals surface area contributed by atoms with Crippen LogP contribution in [0.3, 0.4) is 0 Å². The van der Waals surface area contributed by atoms with Crippen LogP contribution in [0.2, 0.25) is 10.3 Å². The Morgan fingerprint density at radius 3 is 2.61 bits per heavy atom. The molecule has 0 aliphatic carbocycles. The molecule has 0 fully saturated rings. The van der Waals surface area contributed by atoms with Gasteiger partial charge in [-0.3, -0.25) is 4.79 Å². The van der Waals surface area contributed by atoms with Crippen molar-refractivity contribution in [2.45, 2.75) is 46.3 Å². The summed E-state index contributed by atoms with van der Waals surface area (Å²) in [5.74, 6) is -0.907. The Kier molecular flexibility index (Phi) is 7.37. The molecule has 8 nitrogen and oxygen atoms in total. The van der Waals surface area contributed by atoms with Gasteiger partial charge in [0.1, 0.15) is 17.0 Å². The first-order chi connectivity index (χ1) is 13.1. The number of hydrogen-bond donors (Lipinski definition) is 0. The third-order valence-corrected chi connectivity index (χ3v) is 3.71. The Morgan fingerprint density at radius 2 is 1.96 bits per heavy atom. The number of hydrogen-bond acceptors (Lipinski definition) is 7. The molecule has 0 aliphatic rings. The van der Waals surface area contributed by atoms with E-state index in [1.54, 1.807) is 44.9 Å². The smallest absolute Gasteiger partial charge is 0.374 e. The summed E-state index contributed by atoms with van der Waals surface area (Å²) in [5.41, 5.74) is 0.0628. The van der Waals surface area contributed by atoms with Crippen LogP contribution in [0.15, 0.2) is 12.4 Å². The van der Waals surface area contributed by atoms with Crippen LogP contribution in [0.5, 0.6) is 0 Å². The molecule has 28 heavy (non-hydrogen) atoms. The number of carbonyl (C=O) groups is 2. The maximum absolute atomic E-state index is 12.2. The van der Waals surface area contributed by atoms with Gasteiger partial charge in [0.15, 0.2) is 0 Å². The van der Waals surface area contributed by atoms with Crippen LogP contribution in [-0.2, 0) is 20.8 Å². The molecule has 0 aromatic carbocycles. The highest BCUT2D eigenvalue weighted by molar-refractivity contribution is 6.33. The lowest BCUT2D eigenvalue weighted by molar-refractivity contribution is -0.154. The number of aromatic nitrogens is 4. The molecule has 0 N–H and O–H groups in total. The van der Waals surface area contributed by atoms with E-state index >= 15 is 0 Å². The van der Waals surface area contributed by atoms with E-state index in [9.17, 15) is 9.59 Å². The maximum atomic E-state index is 12.2. The van der Waals surface area contributed by atoms with E-state index < -0.39 is 11.6 Å². The molecule has 0 spiro atoms. The number of esters is 2. The molecule has 0 unspecified atom stereocenters. The third-order valence-electron chi connectivity index (χ3n) is 3.25. The van der Waals surface area contributed by atoms with Gasteiger partial charge in [-0.05, 0) is 45.7 Å². The predicted octanol–water partition coefficient (Wildman–Crippen LogP) is 3.76. The van der Waals surface area contributed by atoms with Crippen LogP contribution >= 0.6 is 23.2 Å². The SMILES string of the molecule is CCOC(=O)c1nc(-c2nc(Cl)ncc2Cl)cn1C[CH]CC(=O)OC(C)(C)C. The topological polar surface area (TPSA) is 96.2 Å². The van der Waals surface area contributed by atoms with Crippen LogP contribution in [0.4, 0.5) is 0 Å². The van der Waals surface area contributed by atoms with E-state index in [1.165, 1.54) is 6.20 Å². The second-order valence-corrected chi connectivity index (χ2v) is 7.48. The minimum Gasteiger partial charge on any atom is -0.460 e. The lowest BCUT2D eigenvalue weighted by atomic mass is 10.2. The summed E-state index contributed by atoms with van der Waals surface area (Å²) in [6.45, 7) is 7.51. The number of rotatable bonds is 7. The van der Waals surface area contributed by atoms with Crippen LogP contribution < -0.4 is 0 Å². The van der Waals surface area contributed by atoms with Gasteiger partial charge in [0.05, 0.1) is 24.2 Å². The van der Waals surface area contributed by atoms with Crippen molar-refractivity contribution in [3.05, 3.63) is 34.9 Å². The molecule has 0 amide bonds. The van der Waals surface area contributed by atoms with Gasteiger partial charge >= 0.3 is 11.9 Å². The van der Waals surface area contributed by atoms with Crippen molar-refractivity contribution in [1.82, 2.24) is 19.5 Å². The average Bonchev–Trinajstić information content (AvgIpc) is 2.99. The first kappa shape index (κ1) is 22.1. The van der Waals surface area contributed by atoms with Crippen LogP contribution in [0, 0.1) is 6.42 Å². The molecule has 2 rings (SSSR count). The molecule has 2 heterocycles. The summed E-state index contributed by atoms with van der Waals surface area (Å²) >= 11 is 12.0. The number of halogens is 2. The van der Waals surface area contributed by atoms with Gasteiger partial charge in [-0.1, -0.05) is 11.6 Å². The number of imidazole rings is 1. The van der Waals surface area contributed by atoms with Gasteiger partial charge in [0.25, 0.3) is 0 Å². The zero-order chi connectivity index (χ0) is 20.9. The van der Waals surface area contributed by atoms with E-state index in [4.69, 9.17) is 32.7 Å². The van der Waals surface area contributed by atoms with Gasteiger partial charge in [-0.25, -0.2) is 19.7 Å². The van der Waals surface area contributed by atoms with Crippen molar-refractivity contribution >= 4 is 35.1 Å². The van der Waals surface area contributed by atoms with E-state index in [0.29, 0.717) is 5.69 Å². The summed E-state index contributed by atoms with van der Waals surface area (Å²) in [5, 5.41) is 0.241. The van der Waals surface area contributed by atoms with Crippen molar-refractivity contribution in [2.75, 3.05) is 6.61 Å². The quantitative estimate of drug-likeness (QED) is 0.489. The summed E-state index contributed by atoms with van der Waals surface area (Å²) in [7, 11) is 0.